The molecule has 2 N–H and O–H groups in total. The second kappa shape index (κ2) is 6.37. The number of non-ortho nitro benzene ring substituents is 1. The van der Waals surface area contributed by atoms with Crippen molar-refractivity contribution in [2.45, 2.75) is 30.7 Å². The number of aliphatic hydroxyl groups is 1. The largest absolute Gasteiger partial charge is 0.495 e. The second-order valence-electron chi connectivity index (χ2n) is 5.06. The molecular formula is C12H18N2O6S. The number of benzene rings is 1. The highest BCUT2D eigenvalue weighted by atomic mass is 32.2. The van der Waals surface area contributed by atoms with Crippen molar-refractivity contribution in [3.8, 4) is 5.75 Å². The summed E-state index contributed by atoms with van der Waals surface area (Å²) in [7, 11) is -2.75. The van der Waals surface area contributed by atoms with E-state index in [-0.39, 0.29) is 29.4 Å². The van der Waals surface area contributed by atoms with Crippen molar-refractivity contribution in [3.05, 3.63) is 28.3 Å². The number of nitro benzene ring substituents is 1. The van der Waals surface area contributed by atoms with Crippen LogP contribution in [0.1, 0.15) is 20.3 Å². The number of nitrogens with one attached hydrogen (secondary N) is 1. The molecule has 0 aromatic heterocycles. The maximum atomic E-state index is 12.4. The van der Waals surface area contributed by atoms with Crippen molar-refractivity contribution < 1.29 is 23.2 Å². The van der Waals surface area contributed by atoms with Crippen LogP contribution in [-0.4, -0.2) is 37.7 Å². The molecule has 1 aromatic rings. The first-order chi connectivity index (χ1) is 9.63. The maximum absolute atomic E-state index is 12.4. The molecule has 0 aliphatic heterocycles. The lowest BCUT2D eigenvalue weighted by molar-refractivity contribution is -0.385. The first-order valence-corrected chi connectivity index (χ1v) is 7.58. The predicted molar refractivity (Wildman–Crippen MR) is 75.8 cm³/mol. The topological polar surface area (TPSA) is 119 Å². The number of nitrogens with zero attached hydrogens (tertiary/aromatic N) is 1. The molecule has 0 aliphatic carbocycles. The highest BCUT2D eigenvalue weighted by molar-refractivity contribution is 7.89. The molecule has 118 valence electrons. The van der Waals surface area contributed by atoms with E-state index in [9.17, 15) is 18.5 Å². The number of aliphatic hydroxyl groups excluding tert-OH is 1. The van der Waals surface area contributed by atoms with Gasteiger partial charge in [0.25, 0.3) is 5.69 Å². The molecule has 9 heteroatoms. The summed E-state index contributed by atoms with van der Waals surface area (Å²) in [6.45, 7) is 3.01. The number of ether oxygens (including phenoxy) is 1. The Bertz CT molecular complexity index is 627. The van der Waals surface area contributed by atoms with Crippen LogP contribution in [0.4, 0.5) is 5.69 Å². The van der Waals surface area contributed by atoms with Crippen molar-refractivity contribution in [1.29, 1.82) is 0 Å². The van der Waals surface area contributed by atoms with Crippen LogP contribution in [0.25, 0.3) is 0 Å². The van der Waals surface area contributed by atoms with Gasteiger partial charge in [0.1, 0.15) is 10.6 Å². The van der Waals surface area contributed by atoms with Crippen LogP contribution in [0, 0.1) is 10.1 Å². The second-order valence-corrected chi connectivity index (χ2v) is 6.71. The SMILES string of the molecule is COc1ccc([N+](=O)[O-])cc1S(=O)(=O)NC(C)(C)CCO. The number of rotatable bonds is 7. The van der Waals surface area contributed by atoms with Crippen molar-refractivity contribution in [2.24, 2.45) is 0 Å². The molecule has 0 radical (unpaired) electrons. The number of hydrogen-bond acceptors (Lipinski definition) is 6. The molecule has 0 atom stereocenters. The average Bonchev–Trinajstić information content (AvgIpc) is 2.36. The third kappa shape index (κ3) is 4.38. The molecule has 1 rings (SSSR count). The number of sulfonamides is 1. The molecule has 1 aromatic carbocycles. The van der Waals surface area contributed by atoms with Gasteiger partial charge in [-0.3, -0.25) is 10.1 Å². The minimum atomic E-state index is -4.03. The van der Waals surface area contributed by atoms with Gasteiger partial charge in [-0.1, -0.05) is 0 Å². The maximum Gasteiger partial charge on any atom is 0.271 e. The first kappa shape index (κ1) is 17.3. The summed E-state index contributed by atoms with van der Waals surface area (Å²) >= 11 is 0. The lowest BCUT2D eigenvalue weighted by atomic mass is 10.0. The molecule has 0 fully saturated rings. The van der Waals surface area contributed by atoms with E-state index in [1.807, 2.05) is 0 Å². The van der Waals surface area contributed by atoms with Gasteiger partial charge in [-0.05, 0) is 26.3 Å². The van der Waals surface area contributed by atoms with Gasteiger partial charge >= 0.3 is 0 Å². The van der Waals surface area contributed by atoms with Crippen LogP contribution in [0.15, 0.2) is 23.1 Å². The summed E-state index contributed by atoms with van der Waals surface area (Å²) in [6.07, 6.45) is 0.198. The van der Waals surface area contributed by atoms with E-state index < -0.39 is 20.5 Å². The minimum absolute atomic E-state index is 0.00731. The predicted octanol–water partition coefficient (Wildman–Crippen LogP) is 1.04. The van der Waals surface area contributed by atoms with Gasteiger partial charge in [-0.25, -0.2) is 13.1 Å². The Hall–Kier alpha value is -1.71. The molecule has 0 saturated carbocycles. The Labute approximate surface area is 122 Å². The van der Waals surface area contributed by atoms with E-state index in [0.29, 0.717) is 0 Å². The summed E-state index contributed by atoms with van der Waals surface area (Å²) in [5.74, 6) is 0.00731. The molecule has 0 amide bonds. The zero-order valence-electron chi connectivity index (χ0n) is 12.0. The lowest BCUT2D eigenvalue weighted by Crippen LogP contribution is -2.44. The molecule has 21 heavy (non-hydrogen) atoms. The van der Waals surface area contributed by atoms with Crippen LogP contribution >= 0.6 is 0 Å². The number of hydrogen-bond donors (Lipinski definition) is 2. The highest BCUT2D eigenvalue weighted by Gasteiger charge is 2.29. The Morgan fingerprint density at radius 3 is 2.52 bits per heavy atom. The quantitative estimate of drug-likeness (QED) is 0.573. The van der Waals surface area contributed by atoms with E-state index in [1.165, 1.54) is 13.2 Å². The van der Waals surface area contributed by atoms with Gasteiger partial charge in [-0.15, -0.1) is 0 Å². The van der Waals surface area contributed by atoms with Crippen molar-refractivity contribution >= 4 is 15.7 Å². The third-order valence-corrected chi connectivity index (χ3v) is 4.51. The van der Waals surface area contributed by atoms with Gasteiger partial charge in [-0.2, -0.15) is 0 Å². The zero-order chi connectivity index (χ0) is 16.3. The summed E-state index contributed by atoms with van der Waals surface area (Å²) < 4.78 is 32.1. The Kier molecular flexibility index (Phi) is 5.26. The Balaban J connectivity index is 3.29. The van der Waals surface area contributed by atoms with Crippen LogP contribution in [0.3, 0.4) is 0 Å². The van der Waals surface area contributed by atoms with E-state index in [0.717, 1.165) is 12.1 Å². The number of nitro groups is 1. The van der Waals surface area contributed by atoms with Crippen LogP contribution < -0.4 is 9.46 Å². The van der Waals surface area contributed by atoms with Gasteiger partial charge < -0.3 is 9.84 Å². The molecular weight excluding hydrogens is 300 g/mol. The van der Waals surface area contributed by atoms with Gasteiger partial charge in [0.05, 0.1) is 12.0 Å². The monoisotopic (exact) mass is 318 g/mol. The summed E-state index contributed by atoms with van der Waals surface area (Å²) in [6, 6.07) is 3.33. The third-order valence-electron chi connectivity index (χ3n) is 2.80. The van der Waals surface area contributed by atoms with E-state index in [2.05, 4.69) is 4.72 Å². The average molecular weight is 318 g/mol. The summed E-state index contributed by atoms with van der Waals surface area (Å²) in [4.78, 5) is 9.79. The van der Waals surface area contributed by atoms with Crippen LogP contribution in [-0.2, 0) is 10.0 Å². The summed E-state index contributed by atoms with van der Waals surface area (Å²) in [5, 5.41) is 19.7. The van der Waals surface area contributed by atoms with Crippen LogP contribution in [0.2, 0.25) is 0 Å². The normalized spacial score (nSPS) is 12.2. The molecule has 0 aliphatic rings. The van der Waals surface area contributed by atoms with Crippen molar-refractivity contribution in [1.82, 2.24) is 4.72 Å². The standard InChI is InChI=1S/C12H18N2O6S/c1-12(2,6-7-15)13-21(18,19)11-8-9(14(16)17)4-5-10(11)20-3/h4-5,8,13,15H,6-7H2,1-3H3. The van der Waals surface area contributed by atoms with Gasteiger partial charge in [0.15, 0.2) is 0 Å². The van der Waals surface area contributed by atoms with Gasteiger partial charge in [0.2, 0.25) is 10.0 Å². The van der Waals surface area contributed by atoms with E-state index in [4.69, 9.17) is 9.84 Å². The molecule has 0 spiro atoms. The van der Waals surface area contributed by atoms with Crippen LogP contribution in [0.5, 0.6) is 5.75 Å². The number of methoxy groups -OCH3 is 1. The lowest BCUT2D eigenvalue weighted by Gasteiger charge is -2.25. The van der Waals surface area contributed by atoms with Crippen molar-refractivity contribution in [3.63, 3.8) is 0 Å². The summed E-state index contributed by atoms with van der Waals surface area (Å²) in [5.41, 5.74) is -1.25. The molecule has 8 nitrogen and oxygen atoms in total. The van der Waals surface area contributed by atoms with E-state index >= 15 is 0 Å². The molecule has 0 heterocycles. The Morgan fingerprint density at radius 2 is 2.05 bits per heavy atom. The minimum Gasteiger partial charge on any atom is -0.495 e. The fraction of sp³-hybridized carbons (Fsp3) is 0.500. The smallest absolute Gasteiger partial charge is 0.271 e. The molecule has 0 unspecified atom stereocenters. The highest BCUT2D eigenvalue weighted by Crippen LogP contribution is 2.29. The molecule has 0 saturated heterocycles. The fourth-order valence-electron chi connectivity index (χ4n) is 1.74. The van der Waals surface area contributed by atoms with Crippen molar-refractivity contribution in [2.75, 3.05) is 13.7 Å². The fourth-order valence-corrected chi connectivity index (χ4v) is 3.37. The Morgan fingerprint density at radius 1 is 1.43 bits per heavy atom. The first-order valence-electron chi connectivity index (χ1n) is 6.10. The van der Waals surface area contributed by atoms with E-state index in [1.54, 1.807) is 13.8 Å². The zero-order valence-corrected chi connectivity index (χ0v) is 12.8. The molecule has 0 bridgehead atoms. The van der Waals surface area contributed by atoms with Gasteiger partial charge in [0, 0.05) is 24.3 Å².